The Kier molecular flexibility index (Phi) is 6.33. The molecule has 1 unspecified atom stereocenters. The molecule has 0 radical (unpaired) electrons. The van der Waals surface area contributed by atoms with E-state index in [1.807, 2.05) is 34.7 Å². The third-order valence-electron chi connectivity index (χ3n) is 2.66. The summed E-state index contributed by atoms with van der Waals surface area (Å²) in [5.74, 6) is 0.275. The van der Waals surface area contributed by atoms with Crippen molar-refractivity contribution in [2.45, 2.75) is 33.3 Å². The Bertz CT molecular complexity index is 146. The van der Waals surface area contributed by atoms with Crippen LogP contribution in [0.4, 0.5) is 0 Å². The minimum Gasteiger partial charge on any atom is -0.389 e. The van der Waals surface area contributed by atoms with E-state index in [1.165, 1.54) is 0 Å². The van der Waals surface area contributed by atoms with Crippen molar-refractivity contribution >= 4 is 0 Å². The molecule has 0 fully saturated rings. The monoisotopic (exact) mass is 203 g/mol. The molecule has 3 nitrogen and oxygen atoms in total. The first-order valence-corrected chi connectivity index (χ1v) is 5.38. The molecule has 0 rings (SSSR count). The van der Waals surface area contributed by atoms with Crippen LogP contribution in [0, 0.1) is 5.92 Å². The molecule has 0 aliphatic rings. The number of ether oxygens (including phenoxy) is 1. The van der Waals surface area contributed by atoms with E-state index in [-0.39, 0.29) is 5.92 Å². The third kappa shape index (κ3) is 5.58. The molecule has 0 bridgehead atoms. The van der Waals surface area contributed by atoms with E-state index in [1.54, 1.807) is 0 Å². The number of nitrogens with zero attached hydrogens (tertiary/aromatic N) is 1. The summed E-state index contributed by atoms with van der Waals surface area (Å²) < 4.78 is 5.26. The van der Waals surface area contributed by atoms with Gasteiger partial charge in [-0.3, -0.25) is 0 Å². The summed E-state index contributed by atoms with van der Waals surface area (Å²) in [5.41, 5.74) is -0.610. The maximum absolute atomic E-state index is 10.0. The Morgan fingerprint density at radius 1 is 1.43 bits per heavy atom. The molecule has 0 saturated heterocycles. The van der Waals surface area contributed by atoms with Crippen molar-refractivity contribution in [3.8, 4) is 0 Å². The second-order valence-electron chi connectivity index (χ2n) is 4.45. The van der Waals surface area contributed by atoms with Gasteiger partial charge in [0.1, 0.15) is 0 Å². The fourth-order valence-corrected chi connectivity index (χ4v) is 1.17. The summed E-state index contributed by atoms with van der Waals surface area (Å²) in [6.45, 7) is 11.0. The van der Waals surface area contributed by atoms with Crippen LogP contribution in [0.15, 0.2) is 0 Å². The summed E-state index contributed by atoms with van der Waals surface area (Å²) in [6.07, 6.45) is 0. The first kappa shape index (κ1) is 13.9. The molecule has 0 aliphatic heterocycles. The van der Waals surface area contributed by atoms with Gasteiger partial charge < -0.3 is 14.7 Å². The van der Waals surface area contributed by atoms with E-state index < -0.39 is 5.60 Å². The first-order chi connectivity index (χ1) is 6.40. The summed E-state index contributed by atoms with van der Waals surface area (Å²) in [5, 5.41) is 10.0. The van der Waals surface area contributed by atoms with Gasteiger partial charge in [0.05, 0.1) is 12.2 Å². The SMILES string of the molecule is CCOCCN(C)CC(C)(O)C(C)C. The van der Waals surface area contributed by atoms with E-state index in [0.717, 1.165) is 19.8 Å². The average molecular weight is 203 g/mol. The number of hydrogen-bond acceptors (Lipinski definition) is 3. The van der Waals surface area contributed by atoms with Gasteiger partial charge in [-0.25, -0.2) is 0 Å². The number of likely N-dealkylation sites (N-methyl/N-ethyl adjacent to an activating group) is 1. The number of hydrogen-bond donors (Lipinski definition) is 1. The molecule has 0 spiro atoms. The lowest BCUT2D eigenvalue weighted by molar-refractivity contribution is -0.0178. The van der Waals surface area contributed by atoms with E-state index in [2.05, 4.69) is 4.90 Å². The van der Waals surface area contributed by atoms with Gasteiger partial charge in [0.15, 0.2) is 0 Å². The fourth-order valence-electron chi connectivity index (χ4n) is 1.17. The molecule has 1 N–H and O–H groups in total. The zero-order valence-corrected chi connectivity index (χ0v) is 10.2. The molecule has 14 heavy (non-hydrogen) atoms. The van der Waals surface area contributed by atoms with E-state index in [4.69, 9.17) is 4.74 Å². The molecular weight excluding hydrogens is 178 g/mol. The molecule has 0 aromatic carbocycles. The Hall–Kier alpha value is -0.120. The Morgan fingerprint density at radius 3 is 2.43 bits per heavy atom. The van der Waals surface area contributed by atoms with Gasteiger partial charge in [0.25, 0.3) is 0 Å². The van der Waals surface area contributed by atoms with E-state index in [9.17, 15) is 5.11 Å². The molecule has 3 heteroatoms. The standard InChI is InChI=1S/C11H25NO2/c1-6-14-8-7-12(5)9-11(4,13)10(2)3/h10,13H,6-9H2,1-5H3. The Balaban J connectivity index is 3.75. The Morgan fingerprint density at radius 2 is 2.00 bits per heavy atom. The van der Waals surface area contributed by atoms with Crippen LogP contribution in [0.5, 0.6) is 0 Å². The average Bonchev–Trinajstić information content (AvgIpc) is 2.03. The molecular formula is C11H25NO2. The number of rotatable bonds is 7. The molecule has 0 saturated carbocycles. The van der Waals surface area contributed by atoms with Crippen molar-refractivity contribution < 1.29 is 9.84 Å². The maximum Gasteiger partial charge on any atom is 0.0768 e. The van der Waals surface area contributed by atoms with Gasteiger partial charge in [-0.1, -0.05) is 13.8 Å². The molecule has 1 atom stereocenters. The molecule has 0 amide bonds. The summed E-state index contributed by atoms with van der Waals surface area (Å²) >= 11 is 0. The van der Waals surface area contributed by atoms with Crippen LogP contribution in [0.3, 0.4) is 0 Å². The molecule has 0 aromatic rings. The second-order valence-corrected chi connectivity index (χ2v) is 4.45. The highest BCUT2D eigenvalue weighted by molar-refractivity contribution is 4.79. The molecule has 0 aromatic heterocycles. The van der Waals surface area contributed by atoms with Gasteiger partial charge in [0, 0.05) is 19.7 Å². The van der Waals surface area contributed by atoms with Gasteiger partial charge in [-0.05, 0) is 26.8 Å². The van der Waals surface area contributed by atoms with Gasteiger partial charge >= 0.3 is 0 Å². The van der Waals surface area contributed by atoms with Crippen LogP contribution in [-0.4, -0.2) is 49.0 Å². The van der Waals surface area contributed by atoms with Crippen LogP contribution in [0.1, 0.15) is 27.7 Å². The molecule has 86 valence electrons. The summed E-state index contributed by atoms with van der Waals surface area (Å²) in [4.78, 5) is 2.11. The lowest BCUT2D eigenvalue weighted by atomic mass is 9.92. The quantitative estimate of drug-likeness (QED) is 0.634. The van der Waals surface area contributed by atoms with Crippen molar-refractivity contribution in [2.75, 3.05) is 33.4 Å². The van der Waals surface area contributed by atoms with Crippen molar-refractivity contribution in [3.63, 3.8) is 0 Å². The smallest absolute Gasteiger partial charge is 0.0768 e. The van der Waals surface area contributed by atoms with E-state index in [0.29, 0.717) is 6.54 Å². The minimum atomic E-state index is -0.610. The zero-order chi connectivity index (χ0) is 11.2. The highest BCUT2D eigenvalue weighted by atomic mass is 16.5. The fraction of sp³-hybridized carbons (Fsp3) is 1.00. The largest absolute Gasteiger partial charge is 0.389 e. The van der Waals surface area contributed by atoms with Crippen LogP contribution in [0.25, 0.3) is 0 Å². The first-order valence-electron chi connectivity index (χ1n) is 5.38. The highest BCUT2D eigenvalue weighted by Crippen LogP contribution is 2.16. The predicted octanol–water partition coefficient (Wildman–Crippen LogP) is 1.36. The topological polar surface area (TPSA) is 32.7 Å². The highest BCUT2D eigenvalue weighted by Gasteiger charge is 2.26. The van der Waals surface area contributed by atoms with E-state index >= 15 is 0 Å². The summed E-state index contributed by atoms with van der Waals surface area (Å²) in [6, 6.07) is 0. The molecule has 0 aliphatic carbocycles. The van der Waals surface area contributed by atoms with Gasteiger partial charge in [-0.2, -0.15) is 0 Å². The van der Waals surface area contributed by atoms with Crippen LogP contribution in [0.2, 0.25) is 0 Å². The van der Waals surface area contributed by atoms with Crippen molar-refractivity contribution in [1.82, 2.24) is 4.90 Å². The lowest BCUT2D eigenvalue weighted by Gasteiger charge is -2.32. The van der Waals surface area contributed by atoms with Crippen molar-refractivity contribution in [2.24, 2.45) is 5.92 Å². The van der Waals surface area contributed by atoms with Crippen LogP contribution >= 0.6 is 0 Å². The molecule has 0 heterocycles. The third-order valence-corrected chi connectivity index (χ3v) is 2.66. The van der Waals surface area contributed by atoms with Gasteiger partial charge in [0.2, 0.25) is 0 Å². The maximum atomic E-state index is 10.0. The number of aliphatic hydroxyl groups is 1. The predicted molar refractivity (Wildman–Crippen MR) is 59.5 cm³/mol. The lowest BCUT2D eigenvalue weighted by Crippen LogP contribution is -2.43. The van der Waals surface area contributed by atoms with Crippen LogP contribution in [-0.2, 0) is 4.74 Å². The van der Waals surface area contributed by atoms with Crippen molar-refractivity contribution in [3.05, 3.63) is 0 Å². The Labute approximate surface area is 88.1 Å². The van der Waals surface area contributed by atoms with Crippen molar-refractivity contribution in [1.29, 1.82) is 0 Å². The summed E-state index contributed by atoms with van der Waals surface area (Å²) in [7, 11) is 2.01. The zero-order valence-electron chi connectivity index (χ0n) is 10.2. The minimum absolute atomic E-state index is 0.275. The normalized spacial score (nSPS) is 16.3. The van der Waals surface area contributed by atoms with Crippen LogP contribution < -0.4 is 0 Å². The second kappa shape index (κ2) is 6.38. The van der Waals surface area contributed by atoms with Gasteiger partial charge in [-0.15, -0.1) is 0 Å².